The predicted molar refractivity (Wildman–Crippen MR) is 144 cm³/mol. The second-order valence-electron chi connectivity index (χ2n) is 8.15. The maximum absolute atomic E-state index is 5.72. The lowest BCUT2D eigenvalue weighted by molar-refractivity contribution is 0.345. The molecule has 5 heterocycles. The zero-order valence-corrected chi connectivity index (χ0v) is 19.8. The number of ether oxygens (including phenoxy) is 1. The maximum atomic E-state index is 5.72. The van der Waals surface area contributed by atoms with Crippen LogP contribution in [-0.4, -0.2) is 31.9 Å². The van der Waals surface area contributed by atoms with Gasteiger partial charge in [0.15, 0.2) is 0 Å². The summed E-state index contributed by atoms with van der Waals surface area (Å²) >= 11 is 3.40. The molecule has 1 aromatic carbocycles. The molecule has 0 aliphatic carbocycles. The Morgan fingerprint density at radius 3 is 2.00 bits per heavy atom. The predicted octanol–water partition coefficient (Wildman–Crippen LogP) is 7.10. The molecule has 0 atom stereocenters. The van der Waals surface area contributed by atoms with Gasteiger partial charge in [0, 0.05) is 33.0 Å². The van der Waals surface area contributed by atoms with Crippen molar-refractivity contribution < 1.29 is 4.74 Å². The standard InChI is InChI=1S/C28H21BrN4O/c29-11-12-34-26-9-1-18(2-10-26)27-16-25-15-23-6-5-21(31-23)13-19-3-4-20(30-19)14-22-7-8-24(32-22)17-28(27)33-25/h1-10,13-17,31,33H,11-12H2. The zero-order chi connectivity index (χ0) is 22.9. The molecular formula is C28H21BrN4O. The zero-order valence-electron chi connectivity index (χ0n) is 18.3. The van der Waals surface area contributed by atoms with E-state index in [-0.39, 0.29) is 0 Å². The molecule has 0 amide bonds. The van der Waals surface area contributed by atoms with Gasteiger partial charge in [-0.1, -0.05) is 28.1 Å². The van der Waals surface area contributed by atoms with Crippen molar-refractivity contribution in [2.75, 3.05) is 11.9 Å². The number of aromatic nitrogens is 4. The highest BCUT2D eigenvalue weighted by molar-refractivity contribution is 9.09. The van der Waals surface area contributed by atoms with Gasteiger partial charge in [-0.2, -0.15) is 0 Å². The van der Waals surface area contributed by atoms with Gasteiger partial charge in [0.2, 0.25) is 0 Å². The highest BCUT2D eigenvalue weighted by Crippen LogP contribution is 2.29. The molecule has 166 valence electrons. The second-order valence-corrected chi connectivity index (χ2v) is 8.94. The van der Waals surface area contributed by atoms with Crippen LogP contribution in [0.3, 0.4) is 0 Å². The van der Waals surface area contributed by atoms with Gasteiger partial charge in [0.05, 0.1) is 29.4 Å². The van der Waals surface area contributed by atoms with Crippen LogP contribution in [0.5, 0.6) is 5.75 Å². The van der Waals surface area contributed by atoms with Gasteiger partial charge in [0.25, 0.3) is 0 Å². The van der Waals surface area contributed by atoms with Crippen LogP contribution < -0.4 is 4.74 Å². The largest absolute Gasteiger partial charge is 0.493 e. The van der Waals surface area contributed by atoms with Crippen LogP contribution in [0.2, 0.25) is 0 Å². The summed E-state index contributed by atoms with van der Waals surface area (Å²) in [5.74, 6) is 0.860. The summed E-state index contributed by atoms with van der Waals surface area (Å²) in [4.78, 5) is 16.5. The number of hydrogen-bond donors (Lipinski definition) is 2. The SMILES string of the molecule is BrCCOc1ccc(-c2cc3cc4ccc(cc5nc(cc6nc(cc2[nH]3)C=C6)C=C5)[nH]4)cc1. The molecule has 0 spiro atoms. The Morgan fingerprint density at radius 2 is 1.29 bits per heavy atom. The first kappa shape index (κ1) is 20.7. The molecule has 34 heavy (non-hydrogen) atoms. The molecule has 0 saturated heterocycles. The fourth-order valence-electron chi connectivity index (χ4n) is 4.14. The lowest BCUT2D eigenvalue weighted by Crippen LogP contribution is -1.97. The first-order valence-electron chi connectivity index (χ1n) is 11.1. The third kappa shape index (κ3) is 4.32. The molecule has 0 radical (unpaired) electrons. The Kier molecular flexibility index (Phi) is 5.35. The average molecular weight is 509 g/mol. The lowest BCUT2D eigenvalue weighted by atomic mass is 10.1. The first-order chi connectivity index (χ1) is 16.7. The number of H-pyrrole nitrogens is 2. The Labute approximate surface area is 205 Å². The third-order valence-electron chi connectivity index (χ3n) is 5.68. The van der Waals surface area contributed by atoms with Crippen molar-refractivity contribution >= 4 is 62.3 Å². The maximum Gasteiger partial charge on any atom is 0.119 e. The van der Waals surface area contributed by atoms with Crippen molar-refractivity contribution in [1.82, 2.24) is 19.9 Å². The number of fused-ring (bicyclic) bond motifs is 8. The van der Waals surface area contributed by atoms with Gasteiger partial charge in [-0.15, -0.1) is 0 Å². The molecule has 0 unspecified atom stereocenters. The molecule has 8 bridgehead atoms. The van der Waals surface area contributed by atoms with E-state index in [0.717, 1.165) is 67.0 Å². The van der Waals surface area contributed by atoms with E-state index in [1.165, 1.54) is 0 Å². The van der Waals surface area contributed by atoms with Crippen LogP contribution in [0.4, 0.5) is 0 Å². The van der Waals surface area contributed by atoms with Gasteiger partial charge in [-0.05, 0) is 84.5 Å². The van der Waals surface area contributed by atoms with Gasteiger partial charge >= 0.3 is 0 Å². The molecule has 6 rings (SSSR count). The van der Waals surface area contributed by atoms with Crippen LogP contribution >= 0.6 is 15.9 Å². The number of nitrogens with zero attached hydrogens (tertiary/aromatic N) is 2. The van der Waals surface area contributed by atoms with Crippen molar-refractivity contribution in [1.29, 1.82) is 0 Å². The van der Waals surface area contributed by atoms with Crippen molar-refractivity contribution in [3.63, 3.8) is 0 Å². The van der Waals surface area contributed by atoms with E-state index in [1.807, 2.05) is 48.6 Å². The van der Waals surface area contributed by atoms with Crippen LogP contribution in [-0.2, 0) is 0 Å². The van der Waals surface area contributed by atoms with Crippen molar-refractivity contribution in [2.24, 2.45) is 0 Å². The van der Waals surface area contributed by atoms with Crippen LogP contribution in [0.15, 0.2) is 66.7 Å². The van der Waals surface area contributed by atoms with Crippen LogP contribution in [0.25, 0.3) is 57.5 Å². The topological polar surface area (TPSA) is 66.6 Å². The second kappa shape index (κ2) is 8.80. The number of aromatic amines is 2. The number of halogens is 1. The summed E-state index contributed by atoms with van der Waals surface area (Å²) in [7, 11) is 0. The Hall–Kier alpha value is -3.90. The van der Waals surface area contributed by atoms with E-state index in [1.54, 1.807) is 0 Å². The number of alkyl halides is 1. The fraction of sp³-hybridized carbons (Fsp3) is 0.0714. The van der Waals surface area contributed by atoms with Crippen molar-refractivity contribution in [3.05, 3.63) is 89.5 Å². The smallest absolute Gasteiger partial charge is 0.119 e. The van der Waals surface area contributed by atoms with Crippen molar-refractivity contribution in [2.45, 2.75) is 0 Å². The summed E-state index contributed by atoms with van der Waals surface area (Å²) in [6, 6.07) is 22.8. The lowest BCUT2D eigenvalue weighted by Gasteiger charge is -2.05. The summed E-state index contributed by atoms with van der Waals surface area (Å²) in [5, 5.41) is 0.804. The van der Waals surface area contributed by atoms with Crippen molar-refractivity contribution in [3.8, 4) is 16.9 Å². The van der Waals surface area contributed by atoms with Gasteiger partial charge in [-0.3, -0.25) is 0 Å². The average Bonchev–Trinajstić information content (AvgIpc) is 3.63. The summed E-state index contributed by atoms with van der Waals surface area (Å²) in [5.41, 5.74) is 9.85. The summed E-state index contributed by atoms with van der Waals surface area (Å²) in [6.45, 7) is 0.640. The number of rotatable bonds is 4. The molecule has 6 heteroatoms. The molecule has 4 aromatic rings. The minimum Gasteiger partial charge on any atom is -0.493 e. The molecule has 5 nitrogen and oxygen atoms in total. The third-order valence-corrected chi connectivity index (χ3v) is 6.00. The highest BCUT2D eigenvalue weighted by Gasteiger charge is 2.07. The van der Waals surface area contributed by atoms with E-state index < -0.39 is 0 Å². The molecule has 2 aliphatic rings. The normalized spacial score (nSPS) is 12.3. The first-order valence-corrected chi connectivity index (χ1v) is 12.2. The van der Waals surface area contributed by atoms with E-state index >= 15 is 0 Å². The van der Waals surface area contributed by atoms with Crippen LogP contribution in [0, 0.1) is 0 Å². The highest BCUT2D eigenvalue weighted by atomic mass is 79.9. The summed E-state index contributed by atoms with van der Waals surface area (Å²) in [6.07, 6.45) is 8.08. The Bertz CT molecular complexity index is 1590. The quantitative estimate of drug-likeness (QED) is 0.249. The molecule has 0 saturated carbocycles. The number of hydrogen-bond acceptors (Lipinski definition) is 3. The van der Waals surface area contributed by atoms with E-state index in [2.05, 4.69) is 73.3 Å². The minimum atomic E-state index is 0.640. The molecule has 0 fully saturated rings. The monoisotopic (exact) mass is 508 g/mol. The Balaban J connectivity index is 1.56. The minimum absolute atomic E-state index is 0.640. The fourth-order valence-corrected chi connectivity index (χ4v) is 4.31. The molecule has 2 aliphatic heterocycles. The number of nitrogens with one attached hydrogen (secondary N) is 2. The van der Waals surface area contributed by atoms with E-state index in [0.29, 0.717) is 6.61 Å². The molecule has 2 N–H and O–H groups in total. The molecule has 3 aromatic heterocycles. The number of benzene rings is 1. The van der Waals surface area contributed by atoms with Gasteiger partial charge in [0.1, 0.15) is 5.75 Å². The van der Waals surface area contributed by atoms with E-state index in [4.69, 9.17) is 9.72 Å². The van der Waals surface area contributed by atoms with Crippen LogP contribution in [0.1, 0.15) is 22.8 Å². The molecular weight excluding hydrogens is 488 g/mol. The van der Waals surface area contributed by atoms with E-state index in [9.17, 15) is 0 Å². The summed E-state index contributed by atoms with van der Waals surface area (Å²) < 4.78 is 5.72. The van der Waals surface area contributed by atoms with Gasteiger partial charge < -0.3 is 14.7 Å². The van der Waals surface area contributed by atoms with Gasteiger partial charge in [-0.25, -0.2) is 9.97 Å². The Morgan fingerprint density at radius 1 is 0.647 bits per heavy atom.